The lowest BCUT2D eigenvalue weighted by atomic mass is 9.83. The molecule has 1 aliphatic carbocycles. The topological polar surface area (TPSA) is 35.5 Å². The third kappa shape index (κ3) is 1.76. The Labute approximate surface area is 78.4 Å². The quantitative estimate of drug-likeness (QED) is 0.611. The third-order valence-corrected chi connectivity index (χ3v) is 2.96. The fourth-order valence-corrected chi connectivity index (χ4v) is 2.13. The maximum atomic E-state index is 10.9. The van der Waals surface area contributed by atoms with Crippen LogP contribution in [0.3, 0.4) is 0 Å². The molecule has 1 saturated carbocycles. The van der Waals surface area contributed by atoms with Crippen molar-refractivity contribution >= 4 is 5.78 Å². The van der Waals surface area contributed by atoms with Crippen LogP contribution >= 0.6 is 0 Å². The van der Waals surface area contributed by atoms with Gasteiger partial charge in [0.25, 0.3) is 0 Å². The molecule has 0 aromatic rings. The Morgan fingerprint density at radius 1 is 1.23 bits per heavy atom. The highest BCUT2D eigenvalue weighted by molar-refractivity contribution is 5.84. The van der Waals surface area contributed by atoms with Crippen LogP contribution < -0.4 is 0 Å². The Morgan fingerprint density at radius 3 is 2.23 bits per heavy atom. The monoisotopic (exact) mass is 182 g/mol. The maximum Gasteiger partial charge on any atom is 0.168 e. The van der Waals surface area contributed by atoms with Crippen LogP contribution in [0, 0.1) is 12.8 Å². The van der Waals surface area contributed by atoms with Crippen LogP contribution in [0.5, 0.6) is 0 Å². The van der Waals surface area contributed by atoms with E-state index in [1.54, 1.807) is 0 Å². The molecule has 3 nitrogen and oxygen atoms in total. The van der Waals surface area contributed by atoms with E-state index in [1.165, 1.54) is 0 Å². The highest BCUT2D eigenvalue weighted by atomic mass is 16.7. The molecule has 2 aliphatic rings. The van der Waals surface area contributed by atoms with E-state index in [0.717, 1.165) is 25.7 Å². The number of hydrogen-bond acceptors (Lipinski definition) is 3. The number of carbonyl (C=O) groups excluding carboxylic acids is 1. The van der Waals surface area contributed by atoms with Gasteiger partial charge in [-0.3, -0.25) is 4.79 Å². The summed E-state index contributed by atoms with van der Waals surface area (Å²) in [4.78, 5) is 10.9. The molecule has 1 aliphatic heterocycles. The largest absolute Gasteiger partial charge is 0.348 e. The molecule has 0 aromatic heterocycles. The smallest absolute Gasteiger partial charge is 0.168 e. The molecule has 0 atom stereocenters. The van der Waals surface area contributed by atoms with Gasteiger partial charge in [-0.1, -0.05) is 0 Å². The minimum atomic E-state index is -0.369. The van der Waals surface area contributed by atoms with Crippen molar-refractivity contribution in [3.8, 4) is 0 Å². The van der Waals surface area contributed by atoms with Gasteiger partial charge in [0.1, 0.15) is 5.78 Å². The predicted octanol–water partition coefficient (Wildman–Crippen LogP) is 1.20. The Balaban J connectivity index is 1.91. The first-order valence-electron chi connectivity index (χ1n) is 4.79. The van der Waals surface area contributed by atoms with Crippen molar-refractivity contribution in [3.63, 3.8) is 0 Å². The van der Waals surface area contributed by atoms with E-state index in [0.29, 0.717) is 13.2 Å². The molecule has 2 rings (SSSR count). The summed E-state index contributed by atoms with van der Waals surface area (Å²) in [5, 5.41) is 0. The summed E-state index contributed by atoms with van der Waals surface area (Å²) in [7, 11) is 0. The van der Waals surface area contributed by atoms with Gasteiger partial charge in [0.2, 0.25) is 0 Å². The second kappa shape index (κ2) is 3.39. The van der Waals surface area contributed by atoms with Gasteiger partial charge in [-0.25, -0.2) is 0 Å². The summed E-state index contributed by atoms with van der Waals surface area (Å²) >= 11 is 0. The van der Waals surface area contributed by atoms with Gasteiger partial charge >= 0.3 is 0 Å². The normalized spacial score (nSPS) is 28.1. The van der Waals surface area contributed by atoms with Gasteiger partial charge in [0.15, 0.2) is 5.79 Å². The summed E-state index contributed by atoms with van der Waals surface area (Å²) < 4.78 is 11.1. The number of Topliss-reactive ketones (excluding diaryl/α,β-unsaturated/α-hetero) is 1. The van der Waals surface area contributed by atoms with Crippen molar-refractivity contribution in [1.82, 2.24) is 0 Å². The fourth-order valence-electron chi connectivity index (χ4n) is 2.13. The van der Waals surface area contributed by atoms with Crippen molar-refractivity contribution < 1.29 is 14.3 Å². The summed E-state index contributed by atoms with van der Waals surface area (Å²) in [5.41, 5.74) is 0. The first-order valence-corrected chi connectivity index (χ1v) is 4.79. The summed E-state index contributed by atoms with van der Waals surface area (Å²) in [5.74, 6) is -0.530. The average molecular weight is 182 g/mol. The molecule has 0 N–H and O–H groups in total. The van der Waals surface area contributed by atoms with Gasteiger partial charge in [-0.2, -0.15) is 0 Å². The van der Waals surface area contributed by atoms with Gasteiger partial charge in [0.05, 0.1) is 13.2 Å². The minimum Gasteiger partial charge on any atom is -0.348 e. The summed E-state index contributed by atoms with van der Waals surface area (Å²) in [6, 6.07) is 0. The molecule has 1 spiro atoms. The number of carbonyl (C=O) groups is 1. The molecule has 0 amide bonds. The average Bonchev–Trinajstić information content (AvgIpc) is 2.54. The number of ketones is 1. The van der Waals surface area contributed by atoms with E-state index in [4.69, 9.17) is 16.4 Å². The molecule has 0 bridgehead atoms. The molecule has 0 aromatic carbocycles. The highest BCUT2D eigenvalue weighted by Crippen LogP contribution is 2.38. The van der Waals surface area contributed by atoms with Crippen LogP contribution in [-0.2, 0) is 14.3 Å². The molecule has 1 saturated heterocycles. The van der Waals surface area contributed by atoms with E-state index in [9.17, 15) is 4.79 Å². The number of ether oxygens (including phenoxy) is 2. The van der Waals surface area contributed by atoms with Crippen molar-refractivity contribution in [1.29, 1.82) is 0 Å². The van der Waals surface area contributed by atoms with Gasteiger partial charge in [0, 0.05) is 25.7 Å². The second-order valence-electron chi connectivity index (χ2n) is 3.78. The van der Waals surface area contributed by atoms with Crippen molar-refractivity contribution in [2.75, 3.05) is 13.2 Å². The molecule has 13 heavy (non-hydrogen) atoms. The van der Waals surface area contributed by atoms with E-state index >= 15 is 0 Å². The maximum absolute atomic E-state index is 10.9. The zero-order valence-corrected chi connectivity index (χ0v) is 7.62. The summed E-state index contributed by atoms with van der Waals surface area (Å²) in [6.07, 6.45) is 3.21. The van der Waals surface area contributed by atoms with Crippen LogP contribution in [0.2, 0.25) is 0 Å². The zero-order valence-electron chi connectivity index (χ0n) is 7.62. The minimum absolute atomic E-state index is 0.0263. The van der Waals surface area contributed by atoms with Gasteiger partial charge in [-0.15, -0.1) is 0 Å². The lowest BCUT2D eigenvalue weighted by Gasteiger charge is -2.34. The van der Waals surface area contributed by atoms with Crippen LogP contribution in [0.25, 0.3) is 0 Å². The van der Waals surface area contributed by atoms with E-state index < -0.39 is 0 Å². The molecule has 3 heteroatoms. The molecular weight excluding hydrogens is 168 g/mol. The first-order chi connectivity index (χ1) is 6.22. The molecule has 1 heterocycles. The van der Waals surface area contributed by atoms with E-state index in [2.05, 4.69) is 0 Å². The van der Waals surface area contributed by atoms with Crippen molar-refractivity contribution in [2.24, 2.45) is 5.92 Å². The fraction of sp³-hybridized carbons (Fsp3) is 0.800. The molecule has 2 radical (unpaired) electrons. The Hall–Kier alpha value is -0.410. The number of rotatable bonds is 1. The van der Waals surface area contributed by atoms with Crippen LogP contribution in [-0.4, -0.2) is 24.8 Å². The SMILES string of the molecule is [CH]C(=O)C1CCC2(CC1)OCCO2. The van der Waals surface area contributed by atoms with Crippen LogP contribution in [0.4, 0.5) is 0 Å². The Kier molecular flexibility index (Phi) is 2.39. The highest BCUT2D eigenvalue weighted by Gasteiger charge is 2.41. The van der Waals surface area contributed by atoms with Crippen molar-refractivity contribution in [3.05, 3.63) is 6.92 Å². The van der Waals surface area contributed by atoms with E-state index in [1.807, 2.05) is 0 Å². The molecule has 2 fully saturated rings. The molecule has 72 valence electrons. The second-order valence-corrected chi connectivity index (χ2v) is 3.78. The van der Waals surface area contributed by atoms with Gasteiger partial charge in [-0.05, 0) is 12.8 Å². The lowest BCUT2D eigenvalue weighted by Crippen LogP contribution is -2.36. The lowest BCUT2D eigenvalue weighted by molar-refractivity contribution is -0.182. The predicted molar refractivity (Wildman–Crippen MR) is 45.9 cm³/mol. The Bertz CT molecular complexity index is 196. The molecular formula is C10H14O3. The first kappa shape index (κ1) is 9.16. The van der Waals surface area contributed by atoms with Crippen molar-refractivity contribution in [2.45, 2.75) is 31.5 Å². The standard InChI is InChI=1S/C10H14O3/c1-8(11)9-2-4-10(5-3-9)12-6-7-13-10/h1,9H,2-7H2. The summed E-state index contributed by atoms with van der Waals surface area (Å²) in [6.45, 7) is 6.60. The third-order valence-electron chi connectivity index (χ3n) is 2.96. The molecule has 0 unspecified atom stereocenters. The Morgan fingerprint density at radius 2 is 1.77 bits per heavy atom. The van der Waals surface area contributed by atoms with E-state index in [-0.39, 0.29) is 17.5 Å². The van der Waals surface area contributed by atoms with Crippen LogP contribution in [0.15, 0.2) is 0 Å². The zero-order chi connectivity index (χ0) is 9.31. The van der Waals surface area contributed by atoms with Gasteiger partial charge < -0.3 is 9.47 Å². The number of hydrogen-bond donors (Lipinski definition) is 0. The van der Waals surface area contributed by atoms with Crippen LogP contribution in [0.1, 0.15) is 25.7 Å².